The summed E-state index contributed by atoms with van der Waals surface area (Å²) >= 11 is 5.88. The normalized spacial score (nSPS) is 15.8. The van der Waals surface area contributed by atoms with E-state index in [0.29, 0.717) is 0 Å². The van der Waals surface area contributed by atoms with Gasteiger partial charge in [0.1, 0.15) is 0 Å². The van der Waals surface area contributed by atoms with E-state index >= 15 is 0 Å². The summed E-state index contributed by atoms with van der Waals surface area (Å²) in [6.07, 6.45) is 2.15. The van der Waals surface area contributed by atoms with E-state index in [1.807, 2.05) is 12.1 Å². The van der Waals surface area contributed by atoms with Crippen molar-refractivity contribution >= 4 is 22.7 Å². The summed E-state index contributed by atoms with van der Waals surface area (Å²) in [5.74, 6) is 0. The summed E-state index contributed by atoms with van der Waals surface area (Å²) in [5.41, 5.74) is 7.67. The second-order valence-corrected chi connectivity index (χ2v) is 4.25. The average Bonchev–Trinajstić information content (AvgIpc) is 2.78. The maximum atomic E-state index is 5.88. The van der Waals surface area contributed by atoms with Gasteiger partial charge in [-0.25, -0.2) is 0 Å². The van der Waals surface area contributed by atoms with Crippen LogP contribution in [0.5, 0.6) is 0 Å². The van der Waals surface area contributed by atoms with Crippen LogP contribution in [0.4, 0.5) is 0 Å². The largest absolute Gasteiger partial charge is 0.0923 e. The van der Waals surface area contributed by atoms with E-state index in [-0.39, 0.29) is 0 Å². The van der Waals surface area contributed by atoms with E-state index in [1.165, 1.54) is 22.3 Å². The van der Waals surface area contributed by atoms with E-state index in [1.54, 1.807) is 5.54 Å². The number of rotatable bonds is 1. The lowest BCUT2D eigenvalue weighted by Gasteiger charge is -2.05. The van der Waals surface area contributed by atoms with E-state index in [4.69, 9.17) is 11.6 Å². The van der Waals surface area contributed by atoms with E-state index in [0.717, 1.165) is 5.57 Å². The Bertz CT molecular complexity index is 606. The van der Waals surface area contributed by atoms with Crippen molar-refractivity contribution in [2.75, 3.05) is 0 Å². The first-order valence-electron chi connectivity index (χ1n) is 5.57. The van der Waals surface area contributed by atoms with Gasteiger partial charge < -0.3 is 0 Å². The van der Waals surface area contributed by atoms with Crippen molar-refractivity contribution in [3.63, 3.8) is 0 Å². The van der Waals surface area contributed by atoms with Crippen molar-refractivity contribution in [1.29, 1.82) is 0 Å². The maximum absolute atomic E-state index is 5.88. The zero-order valence-electron chi connectivity index (χ0n) is 9.23. The molecule has 1 aliphatic rings. The fourth-order valence-electron chi connectivity index (χ4n) is 2.23. The SMILES string of the molecule is Cl/C=C1/C=C(c2ccccc2)c2ccccc21. The van der Waals surface area contributed by atoms with Gasteiger partial charge >= 0.3 is 0 Å². The Labute approximate surface area is 106 Å². The van der Waals surface area contributed by atoms with Gasteiger partial charge in [-0.3, -0.25) is 0 Å². The molecular weight excluding hydrogens is 228 g/mol. The van der Waals surface area contributed by atoms with Gasteiger partial charge in [0.05, 0.1) is 0 Å². The molecule has 0 aromatic heterocycles. The summed E-state index contributed by atoms with van der Waals surface area (Å²) < 4.78 is 0. The predicted octanol–water partition coefficient (Wildman–Crippen LogP) is 4.71. The zero-order valence-corrected chi connectivity index (χ0v) is 9.98. The van der Waals surface area contributed by atoms with Crippen LogP contribution in [0.15, 0.2) is 66.2 Å². The van der Waals surface area contributed by atoms with Crippen LogP contribution in [0.3, 0.4) is 0 Å². The molecule has 1 aliphatic carbocycles. The second kappa shape index (κ2) is 4.23. The van der Waals surface area contributed by atoms with Crippen LogP contribution in [-0.2, 0) is 0 Å². The van der Waals surface area contributed by atoms with Crippen molar-refractivity contribution in [2.45, 2.75) is 0 Å². The number of allylic oxidation sites excluding steroid dienone is 2. The number of halogens is 1. The lowest BCUT2D eigenvalue weighted by Crippen LogP contribution is -1.85. The van der Waals surface area contributed by atoms with Crippen molar-refractivity contribution in [3.05, 3.63) is 82.9 Å². The second-order valence-electron chi connectivity index (χ2n) is 4.03. The quantitative estimate of drug-likeness (QED) is 0.675. The minimum atomic E-state index is 1.08. The number of hydrogen-bond acceptors (Lipinski definition) is 0. The van der Waals surface area contributed by atoms with Crippen LogP contribution in [0.2, 0.25) is 0 Å². The molecule has 0 bridgehead atoms. The molecule has 17 heavy (non-hydrogen) atoms. The molecule has 0 heterocycles. The predicted molar refractivity (Wildman–Crippen MR) is 73.8 cm³/mol. The molecule has 0 spiro atoms. The maximum Gasteiger partial charge on any atom is 0.0121 e. The van der Waals surface area contributed by atoms with Crippen LogP contribution < -0.4 is 0 Å². The zero-order chi connectivity index (χ0) is 11.7. The first kappa shape index (κ1) is 10.4. The molecule has 82 valence electrons. The van der Waals surface area contributed by atoms with Gasteiger partial charge in [0.25, 0.3) is 0 Å². The lowest BCUT2D eigenvalue weighted by molar-refractivity contribution is 1.55. The standard InChI is InChI=1S/C16H11Cl/c17-11-13-10-16(12-6-2-1-3-7-12)15-9-5-4-8-14(13)15/h1-11H/b13-11-. The molecule has 2 aromatic rings. The molecule has 0 amide bonds. The number of hydrogen-bond donors (Lipinski definition) is 0. The van der Waals surface area contributed by atoms with E-state index in [2.05, 4.69) is 48.5 Å². The molecule has 2 aromatic carbocycles. The summed E-state index contributed by atoms with van der Waals surface area (Å²) in [6, 6.07) is 18.7. The molecule has 0 unspecified atom stereocenters. The van der Waals surface area contributed by atoms with Gasteiger partial charge in [-0.2, -0.15) is 0 Å². The van der Waals surface area contributed by atoms with Gasteiger partial charge in [-0.05, 0) is 33.9 Å². The van der Waals surface area contributed by atoms with Crippen LogP contribution in [0.25, 0.3) is 11.1 Å². The molecule has 0 aliphatic heterocycles. The Morgan fingerprint density at radius 1 is 0.765 bits per heavy atom. The molecule has 0 nitrogen and oxygen atoms in total. The highest BCUT2D eigenvalue weighted by atomic mass is 35.5. The van der Waals surface area contributed by atoms with Crippen molar-refractivity contribution in [3.8, 4) is 0 Å². The molecule has 0 N–H and O–H groups in total. The van der Waals surface area contributed by atoms with Crippen LogP contribution in [0, 0.1) is 0 Å². The molecule has 0 atom stereocenters. The smallest absolute Gasteiger partial charge is 0.0121 e. The molecule has 0 radical (unpaired) electrons. The first-order chi connectivity index (χ1) is 8.40. The highest BCUT2D eigenvalue weighted by molar-refractivity contribution is 6.29. The fourth-order valence-corrected chi connectivity index (χ4v) is 2.41. The van der Waals surface area contributed by atoms with Gasteiger partial charge in [0.2, 0.25) is 0 Å². The van der Waals surface area contributed by atoms with Crippen molar-refractivity contribution < 1.29 is 0 Å². The lowest BCUT2D eigenvalue weighted by atomic mass is 9.99. The highest BCUT2D eigenvalue weighted by Crippen LogP contribution is 2.38. The van der Waals surface area contributed by atoms with Crippen molar-refractivity contribution in [1.82, 2.24) is 0 Å². The number of benzene rings is 2. The van der Waals surface area contributed by atoms with Crippen molar-refractivity contribution in [2.24, 2.45) is 0 Å². The first-order valence-corrected chi connectivity index (χ1v) is 6.01. The Hall–Kier alpha value is -1.79. The Morgan fingerprint density at radius 2 is 1.41 bits per heavy atom. The summed E-state index contributed by atoms with van der Waals surface area (Å²) in [6.45, 7) is 0. The molecule has 0 fully saturated rings. The third-order valence-corrected chi connectivity index (χ3v) is 3.27. The Kier molecular flexibility index (Phi) is 2.58. The fraction of sp³-hybridized carbons (Fsp3) is 0. The summed E-state index contributed by atoms with van der Waals surface area (Å²) in [5, 5.41) is 0. The average molecular weight is 239 g/mol. The van der Waals surface area contributed by atoms with Crippen LogP contribution >= 0.6 is 11.6 Å². The van der Waals surface area contributed by atoms with Gasteiger partial charge in [0.15, 0.2) is 0 Å². The molecule has 1 heteroatoms. The molecule has 3 rings (SSSR count). The Balaban J connectivity index is 2.21. The highest BCUT2D eigenvalue weighted by Gasteiger charge is 2.18. The van der Waals surface area contributed by atoms with Gasteiger partial charge in [-0.15, -0.1) is 0 Å². The van der Waals surface area contributed by atoms with E-state index in [9.17, 15) is 0 Å². The molecular formula is C16H11Cl. The van der Waals surface area contributed by atoms with Gasteiger partial charge in [-0.1, -0.05) is 66.2 Å². The number of fused-ring (bicyclic) bond motifs is 1. The third kappa shape index (κ3) is 1.71. The summed E-state index contributed by atoms with van der Waals surface area (Å²) in [4.78, 5) is 0. The minimum Gasteiger partial charge on any atom is -0.0923 e. The molecule has 0 saturated carbocycles. The summed E-state index contributed by atoms with van der Waals surface area (Å²) in [7, 11) is 0. The van der Waals surface area contributed by atoms with Gasteiger partial charge in [0, 0.05) is 5.54 Å². The minimum absolute atomic E-state index is 1.08. The Morgan fingerprint density at radius 3 is 2.12 bits per heavy atom. The van der Waals surface area contributed by atoms with Crippen LogP contribution in [0.1, 0.15) is 16.7 Å². The third-order valence-electron chi connectivity index (χ3n) is 3.03. The molecule has 0 saturated heterocycles. The topological polar surface area (TPSA) is 0 Å². The van der Waals surface area contributed by atoms with Crippen LogP contribution in [-0.4, -0.2) is 0 Å². The van der Waals surface area contributed by atoms with E-state index < -0.39 is 0 Å². The monoisotopic (exact) mass is 238 g/mol.